The Labute approximate surface area is 73.9 Å². The van der Waals surface area contributed by atoms with Crippen LogP contribution in [0.1, 0.15) is 23.6 Å². The molecule has 1 aromatic carbocycles. The van der Waals surface area contributed by atoms with E-state index in [4.69, 9.17) is 5.73 Å². The lowest BCUT2D eigenvalue weighted by atomic mass is 10.0. The van der Waals surface area contributed by atoms with Gasteiger partial charge in [-0.1, -0.05) is 30.7 Å². The maximum Gasteiger partial charge on any atom is -0.00563 e. The van der Waals surface area contributed by atoms with Crippen LogP contribution in [-0.4, -0.2) is 0 Å². The van der Waals surface area contributed by atoms with Crippen LogP contribution in [0, 0.1) is 6.92 Å². The van der Waals surface area contributed by atoms with E-state index in [9.17, 15) is 0 Å². The van der Waals surface area contributed by atoms with E-state index < -0.39 is 0 Å². The smallest absolute Gasteiger partial charge is 0.00563 e. The third-order valence-electron chi connectivity index (χ3n) is 1.96. The molecule has 0 saturated heterocycles. The Balaban J connectivity index is 3.12. The van der Waals surface area contributed by atoms with Gasteiger partial charge in [-0.2, -0.15) is 0 Å². The van der Waals surface area contributed by atoms with E-state index in [0.717, 1.165) is 6.42 Å². The normalized spacial score (nSPS) is 10.8. The molecule has 1 heteroatoms. The third kappa shape index (κ3) is 1.88. The Hall–Kier alpha value is -1.24. The first kappa shape index (κ1) is 8.85. The fourth-order valence-electron chi connectivity index (χ4n) is 1.30. The lowest BCUT2D eigenvalue weighted by Gasteiger charge is -2.03. The van der Waals surface area contributed by atoms with Crippen molar-refractivity contribution in [3.05, 3.63) is 41.1 Å². The van der Waals surface area contributed by atoms with Gasteiger partial charge in [-0.15, -0.1) is 0 Å². The molecular formula is C11H15N. The van der Waals surface area contributed by atoms with Crippen molar-refractivity contribution >= 4 is 6.08 Å². The Kier molecular flexibility index (Phi) is 2.92. The van der Waals surface area contributed by atoms with Gasteiger partial charge in [0, 0.05) is 0 Å². The number of hydrogen-bond donors (Lipinski definition) is 1. The van der Waals surface area contributed by atoms with Gasteiger partial charge >= 0.3 is 0 Å². The summed E-state index contributed by atoms with van der Waals surface area (Å²) in [6, 6.07) is 6.44. The van der Waals surface area contributed by atoms with Crippen molar-refractivity contribution < 1.29 is 0 Å². The molecule has 1 nitrogen and oxygen atoms in total. The van der Waals surface area contributed by atoms with E-state index in [1.807, 2.05) is 6.08 Å². The molecule has 0 bridgehead atoms. The lowest BCUT2D eigenvalue weighted by Crippen LogP contribution is -1.88. The first-order valence-corrected chi connectivity index (χ1v) is 4.25. The van der Waals surface area contributed by atoms with Crippen LogP contribution < -0.4 is 5.73 Å². The van der Waals surface area contributed by atoms with Crippen LogP contribution in [0.25, 0.3) is 6.08 Å². The highest BCUT2D eigenvalue weighted by Crippen LogP contribution is 2.13. The van der Waals surface area contributed by atoms with E-state index in [1.54, 1.807) is 6.20 Å². The first-order valence-electron chi connectivity index (χ1n) is 4.25. The summed E-state index contributed by atoms with van der Waals surface area (Å²) in [5, 5.41) is 0. The fraction of sp³-hybridized carbons (Fsp3) is 0.273. The van der Waals surface area contributed by atoms with Gasteiger partial charge in [0.1, 0.15) is 0 Å². The van der Waals surface area contributed by atoms with Gasteiger partial charge < -0.3 is 5.73 Å². The van der Waals surface area contributed by atoms with Crippen LogP contribution in [0.2, 0.25) is 0 Å². The molecular weight excluding hydrogens is 146 g/mol. The lowest BCUT2D eigenvalue weighted by molar-refractivity contribution is 1.13. The van der Waals surface area contributed by atoms with Crippen LogP contribution >= 0.6 is 0 Å². The zero-order valence-electron chi connectivity index (χ0n) is 7.67. The van der Waals surface area contributed by atoms with Crippen LogP contribution in [0.4, 0.5) is 0 Å². The van der Waals surface area contributed by atoms with Gasteiger partial charge in [-0.3, -0.25) is 0 Å². The zero-order valence-corrected chi connectivity index (χ0v) is 7.67. The summed E-state index contributed by atoms with van der Waals surface area (Å²) in [5.41, 5.74) is 9.22. The first-order chi connectivity index (χ1) is 5.77. The minimum absolute atomic E-state index is 1.06. The predicted octanol–water partition coefficient (Wildman–Crippen LogP) is 2.49. The second-order valence-corrected chi connectivity index (χ2v) is 2.91. The van der Waals surface area contributed by atoms with Crippen molar-refractivity contribution in [1.82, 2.24) is 0 Å². The molecule has 0 unspecified atom stereocenters. The van der Waals surface area contributed by atoms with Gasteiger partial charge in [0.2, 0.25) is 0 Å². The summed E-state index contributed by atoms with van der Waals surface area (Å²) >= 11 is 0. The molecule has 0 aliphatic rings. The average molecular weight is 161 g/mol. The molecule has 64 valence electrons. The summed E-state index contributed by atoms with van der Waals surface area (Å²) in [5.74, 6) is 0. The minimum Gasteiger partial charge on any atom is -0.405 e. The van der Waals surface area contributed by atoms with E-state index in [-0.39, 0.29) is 0 Å². The van der Waals surface area contributed by atoms with Crippen LogP contribution in [-0.2, 0) is 6.42 Å². The van der Waals surface area contributed by atoms with Crippen molar-refractivity contribution in [1.29, 1.82) is 0 Å². The molecule has 1 rings (SSSR count). The summed E-state index contributed by atoms with van der Waals surface area (Å²) < 4.78 is 0. The molecule has 2 N–H and O–H groups in total. The second kappa shape index (κ2) is 3.96. The predicted molar refractivity (Wildman–Crippen MR) is 53.8 cm³/mol. The highest BCUT2D eigenvalue weighted by Gasteiger charge is 1.96. The van der Waals surface area contributed by atoms with E-state index in [2.05, 4.69) is 32.0 Å². The number of rotatable bonds is 2. The topological polar surface area (TPSA) is 26.0 Å². The number of hydrogen-bond acceptors (Lipinski definition) is 1. The Morgan fingerprint density at radius 1 is 1.42 bits per heavy atom. The Morgan fingerprint density at radius 2 is 2.17 bits per heavy atom. The highest BCUT2D eigenvalue weighted by molar-refractivity contribution is 5.54. The molecule has 0 heterocycles. The minimum atomic E-state index is 1.06. The molecule has 0 fully saturated rings. The van der Waals surface area contributed by atoms with Gasteiger partial charge in [-0.25, -0.2) is 0 Å². The van der Waals surface area contributed by atoms with E-state index in [1.165, 1.54) is 16.7 Å². The van der Waals surface area contributed by atoms with Crippen LogP contribution in [0.15, 0.2) is 24.4 Å². The standard InChI is InChI=1S/C11H15N/c1-3-10-5-4-9(2)8-11(10)6-7-12/h4-8H,3,12H2,1-2H3/b7-6-. The molecule has 0 aliphatic carbocycles. The molecule has 0 spiro atoms. The van der Waals surface area contributed by atoms with Crippen LogP contribution in [0.5, 0.6) is 0 Å². The third-order valence-corrected chi connectivity index (χ3v) is 1.96. The van der Waals surface area contributed by atoms with Gasteiger partial charge in [0.05, 0.1) is 0 Å². The maximum atomic E-state index is 5.35. The van der Waals surface area contributed by atoms with Crippen molar-refractivity contribution in [3.63, 3.8) is 0 Å². The summed E-state index contributed by atoms with van der Waals surface area (Å²) in [6.07, 6.45) is 4.60. The second-order valence-electron chi connectivity index (χ2n) is 2.91. The fourth-order valence-corrected chi connectivity index (χ4v) is 1.30. The maximum absolute atomic E-state index is 5.35. The van der Waals surface area contributed by atoms with Crippen molar-refractivity contribution in [3.8, 4) is 0 Å². The molecule has 0 aromatic heterocycles. The van der Waals surface area contributed by atoms with E-state index in [0.29, 0.717) is 0 Å². The number of nitrogens with two attached hydrogens (primary N) is 1. The van der Waals surface area contributed by atoms with Gasteiger partial charge in [0.15, 0.2) is 0 Å². The Bertz CT molecular complexity index is 287. The van der Waals surface area contributed by atoms with Gasteiger partial charge in [0.25, 0.3) is 0 Å². The molecule has 0 saturated carbocycles. The van der Waals surface area contributed by atoms with Crippen LogP contribution in [0.3, 0.4) is 0 Å². The quantitative estimate of drug-likeness (QED) is 0.708. The highest BCUT2D eigenvalue weighted by atomic mass is 14.5. The van der Waals surface area contributed by atoms with Crippen molar-refractivity contribution in [2.75, 3.05) is 0 Å². The molecule has 1 aromatic rings. The zero-order chi connectivity index (χ0) is 8.97. The SMILES string of the molecule is CCc1ccc(C)cc1/C=C\N. The van der Waals surface area contributed by atoms with Crippen molar-refractivity contribution in [2.45, 2.75) is 20.3 Å². The molecule has 0 amide bonds. The number of benzene rings is 1. The van der Waals surface area contributed by atoms with Gasteiger partial charge in [-0.05, 0) is 36.7 Å². The average Bonchev–Trinajstić information content (AvgIpc) is 2.05. The van der Waals surface area contributed by atoms with Crippen molar-refractivity contribution in [2.24, 2.45) is 5.73 Å². The molecule has 12 heavy (non-hydrogen) atoms. The summed E-state index contributed by atoms with van der Waals surface area (Å²) in [4.78, 5) is 0. The molecule has 0 radical (unpaired) electrons. The molecule has 0 atom stereocenters. The summed E-state index contributed by atoms with van der Waals surface area (Å²) in [7, 11) is 0. The Morgan fingerprint density at radius 3 is 2.75 bits per heavy atom. The summed E-state index contributed by atoms with van der Waals surface area (Å²) in [6.45, 7) is 4.24. The molecule has 0 aliphatic heterocycles. The number of aryl methyl sites for hydroxylation is 2. The monoisotopic (exact) mass is 161 g/mol. The van der Waals surface area contributed by atoms with E-state index >= 15 is 0 Å². The largest absolute Gasteiger partial charge is 0.405 e.